The van der Waals surface area contributed by atoms with Crippen LogP contribution in [0.4, 0.5) is 0 Å². The van der Waals surface area contributed by atoms with Crippen molar-refractivity contribution in [3.63, 3.8) is 0 Å². The van der Waals surface area contributed by atoms with Gasteiger partial charge in [-0.1, -0.05) is 44.0 Å². The lowest BCUT2D eigenvalue weighted by molar-refractivity contribution is 0.0952. The van der Waals surface area contributed by atoms with Crippen molar-refractivity contribution in [2.75, 3.05) is 14.2 Å². The SMILES string of the molecule is COc1ccc(Br)cc1C(=O)N/N=C\c1cc(Br)c(OCc2ccc(Br)cc2)c(OC)c1. The van der Waals surface area contributed by atoms with E-state index in [-0.39, 0.29) is 5.91 Å². The first kappa shape index (κ1) is 24.3. The van der Waals surface area contributed by atoms with Crippen molar-refractivity contribution in [3.05, 3.63) is 84.7 Å². The van der Waals surface area contributed by atoms with Crippen molar-refractivity contribution < 1.29 is 19.0 Å². The summed E-state index contributed by atoms with van der Waals surface area (Å²) in [4.78, 5) is 12.5. The minimum atomic E-state index is -0.389. The molecule has 0 radical (unpaired) electrons. The van der Waals surface area contributed by atoms with Crippen molar-refractivity contribution in [2.24, 2.45) is 5.10 Å². The molecule has 0 spiro atoms. The summed E-state index contributed by atoms with van der Waals surface area (Å²) in [6.07, 6.45) is 1.52. The van der Waals surface area contributed by atoms with Crippen molar-refractivity contribution >= 4 is 59.9 Å². The summed E-state index contributed by atoms with van der Waals surface area (Å²) in [5.41, 5.74) is 4.62. The van der Waals surface area contributed by atoms with Crippen LogP contribution in [0.3, 0.4) is 0 Å². The summed E-state index contributed by atoms with van der Waals surface area (Å²) < 4.78 is 19.1. The van der Waals surface area contributed by atoms with Crippen molar-refractivity contribution in [1.29, 1.82) is 0 Å². The Labute approximate surface area is 211 Å². The molecule has 32 heavy (non-hydrogen) atoms. The third kappa shape index (κ3) is 6.34. The molecule has 0 saturated carbocycles. The molecule has 0 heterocycles. The van der Waals surface area contributed by atoms with Gasteiger partial charge in [-0.3, -0.25) is 4.79 Å². The summed E-state index contributed by atoms with van der Waals surface area (Å²) in [5, 5.41) is 4.05. The fourth-order valence-corrected chi connectivity index (χ4v) is 3.97. The van der Waals surface area contributed by atoms with E-state index in [1.165, 1.54) is 13.3 Å². The number of benzene rings is 3. The number of carbonyl (C=O) groups is 1. The highest BCUT2D eigenvalue weighted by Gasteiger charge is 2.13. The first-order valence-electron chi connectivity index (χ1n) is 9.33. The van der Waals surface area contributed by atoms with Gasteiger partial charge < -0.3 is 14.2 Å². The average Bonchev–Trinajstić information content (AvgIpc) is 2.79. The Balaban J connectivity index is 1.71. The number of ether oxygens (including phenoxy) is 3. The molecule has 0 fully saturated rings. The molecule has 0 aliphatic heterocycles. The number of methoxy groups -OCH3 is 2. The number of carbonyl (C=O) groups excluding carboxylic acids is 1. The third-order valence-corrected chi connectivity index (χ3v) is 5.95. The van der Waals surface area contributed by atoms with Gasteiger partial charge in [-0.25, -0.2) is 5.43 Å². The first-order chi connectivity index (χ1) is 15.4. The number of nitrogens with zero attached hydrogens (tertiary/aromatic N) is 1. The van der Waals surface area contributed by atoms with Crippen molar-refractivity contribution in [2.45, 2.75) is 6.61 Å². The van der Waals surface area contributed by atoms with E-state index in [0.717, 1.165) is 14.5 Å². The molecule has 0 unspecified atom stereocenters. The number of nitrogens with one attached hydrogen (secondary N) is 1. The first-order valence-corrected chi connectivity index (χ1v) is 11.7. The molecule has 0 atom stereocenters. The van der Waals surface area contributed by atoms with E-state index in [1.54, 1.807) is 31.4 Å². The fraction of sp³-hybridized carbons (Fsp3) is 0.130. The Morgan fingerprint density at radius 3 is 2.31 bits per heavy atom. The molecule has 0 bridgehead atoms. The highest BCUT2D eigenvalue weighted by atomic mass is 79.9. The molecule has 166 valence electrons. The monoisotopic (exact) mass is 624 g/mol. The highest BCUT2D eigenvalue weighted by molar-refractivity contribution is 9.11. The molecule has 0 aromatic heterocycles. The van der Waals surface area contributed by atoms with E-state index in [9.17, 15) is 4.79 Å². The number of halogens is 3. The van der Waals surface area contributed by atoms with Gasteiger partial charge in [0, 0.05) is 8.95 Å². The van der Waals surface area contributed by atoms with Crippen LogP contribution >= 0.6 is 47.8 Å². The number of rotatable bonds is 8. The second-order valence-corrected chi connectivity index (χ2v) is 9.18. The molecular weight excluding hydrogens is 608 g/mol. The minimum absolute atomic E-state index is 0.370. The van der Waals surface area contributed by atoms with Gasteiger partial charge in [0.25, 0.3) is 5.91 Å². The third-order valence-electron chi connectivity index (χ3n) is 4.33. The van der Waals surface area contributed by atoms with Crippen molar-refractivity contribution in [3.8, 4) is 17.2 Å². The summed E-state index contributed by atoms with van der Waals surface area (Å²) in [6, 6.07) is 16.7. The van der Waals surface area contributed by atoms with Gasteiger partial charge in [0.15, 0.2) is 11.5 Å². The Kier molecular flexibility index (Phi) is 8.72. The summed E-state index contributed by atoms with van der Waals surface area (Å²) in [6.45, 7) is 0.389. The number of amides is 1. The van der Waals surface area contributed by atoms with Gasteiger partial charge in [-0.15, -0.1) is 0 Å². The van der Waals surface area contributed by atoms with Crippen LogP contribution in [0.15, 0.2) is 73.1 Å². The molecule has 1 N–H and O–H groups in total. The standard InChI is InChI=1S/C23H19Br3N2O4/c1-30-20-8-7-17(25)11-18(20)23(29)28-27-12-15-9-19(26)22(21(10-15)31-2)32-13-14-3-5-16(24)6-4-14/h3-12H,13H2,1-2H3,(H,28,29)/b27-12-. The molecule has 0 aliphatic rings. The molecule has 1 amide bonds. The van der Waals surface area contributed by atoms with Crippen LogP contribution in [-0.4, -0.2) is 26.3 Å². The van der Waals surface area contributed by atoms with Gasteiger partial charge in [-0.05, 0) is 69.5 Å². The lowest BCUT2D eigenvalue weighted by Crippen LogP contribution is -2.18. The molecular formula is C23H19Br3N2O4. The second kappa shape index (κ2) is 11.5. The maximum atomic E-state index is 12.5. The molecule has 9 heteroatoms. The predicted molar refractivity (Wildman–Crippen MR) is 135 cm³/mol. The molecule has 3 aromatic rings. The lowest BCUT2D eigenvalue weighted by atomic mass is 10.2. The summed E-state index contributed by atoms with van der Waals surface area (Å²) in [5.74, 6) is 1.19. The average molecular weight is 627 g/mol. The van der Waals surface area contributed by atoms with Gasteiger partial charge in [-0.2, -0.15) is 5.10 Å². The van der Waals surface area contributed by atoms with E-state index in [0.29, 0.717) is 39.5 Å². The Morgan fingerprint density at radius 1 is 0.938 bits per heavy atom. The molecule has 3 rings (SSSR count). The van der Waals surface area contributed by atoms with Crippen LogP contribution in [0.5, 0.6) is 17.2 Å². The predicted octanol–water partition coefficient (Wildman–Crippen LogP) is 6.33. The fourth-order valence-electron chi connectivity index (χ4n) is 2.77. The van der Waals surface area contributed by atoms with Gasteiger partial charge in [0.2, 0.25) is 0 Å². The quantitative estimate of drug-likeness (QED) is 0.234. The topological polar surface area (TPSA) is 69.2 Å². The Morgan fingerprint density at radius 2 is 1.62 bits per heavy atom. The van der Waals surface area contributed by atoms with Crippen LogP contribution in [0.2, 0.25) is 0 Å². The maximum absolute atomic E-state index is 12.5. The van der Waals surface area contributed by atoms with Crippen LogP contribution in [0.1, 0.15) is 21.5 Å². The van der Waals surface area contributed by atoms with E-state index in [4.69, 9.17) is 14.2 Å². The molecule has 0 aliphatic carbocycles. The minimum Gasteiger partial charge on any atom is -0.496 e. The molecule has 6 nitrogen and oxygen atoms in total. The van der Waals surface area contributed by atoms with Gasteiger partial charge in [0.05, 0.1) is 30.5 Å². The van der Waals surface area contributed by atoms with Gasteiger partial charge in [0.1, 0.15) is 12.4 Å². The van der Waals surface area contributed by atoms with E-state index in [1.807, 2.05) is 30.3 Å². The van der Waals surface area contributed by atoms with Crippen molar-refractivity contribution in [1.82, 2.24) is 5.43 Å². The van der Waals surface area contributed by atoms with E-state index >= 15 is 0 Å². The zero-order chi connectivity index (χ0) is 23.1. The second-order valence-electron chi connectivity index (χ2n) is 6.49. The normalized spacial score (nSPS) is 10.8. The lowest BCUT2D eigenvalue weighted by Gasteiger charge is -2.13. The molecule has 3 aromatic carbocycles. The largest absolute Gasteiger partial charge is 0.496 e. The van der Waals surface area contributed by atoms with Crippen LogP contribution in [0.25, 0.3) is 0 Å². The number of hydrogen-bond donors (Lipinski definition) is 1. The number of hydrogen-bond acceptors (Lipinski definition) is 5. The summed E-state index contributed by atoms with van der Waals surface area (Å²) in [7, 11) is 3.07. The smallest absolute Gasteiger partial charge is 0.275 e. The number of hydrazone groups is 1. The zero-order valence-corrected chi connectivity index (χ0v) is 22.0. The summed E-state index contributed by atoms with van der Waals surface area (Å²) >= 11 is 10.3. The van der Waals surface area contributed by atoms with Gasteiger partial charge >= 0.3 is 0 Å². The Hall–Kier alpha value is -2.36. The van der Waals surface area contributed by atoms with Crippen LogP contribution < -0.4 is 19.6 Å². The van der Waals surface area contributed by atoms with Crippen LogP contribution in [-0.2, 0) is 6.61 Å². The zero-order valence-electron chi connectivity index (χ0n) is 17.2. The molecule has 0 saturated heterocycles. The van der Waals surface area contributed by atoms with E-state index in [2.05, 4.69) is 58.3 Å². The Bertz CT molecular complexity index is 1130. The van der Waals surface area contributed by atoms with E-state index < -0.39 is 0 Å². The highest BCUT2D eigenvalue weighted by Crippen LogP contribution is 2.37. The van der Waals surface area contributed by atoms with Crippen LogP contribution in [0, 0.1) is 0 Å². The maximum Gasteiger partial charge on any atom is 0.275 e.